The van der Waals surface area contributed by atoms with Crippen molar-refractivity contribution in [3.05, 3.63) is 83.4 Å². The highest BCUT2D eigenvalue weighted by molar-refractivity contribution is 5.74. The number of hydrogen-bond acceptors (Lipinski definition) is 1. The first-order valence-corrected chi connectivity index (χ1v) is 15.8. The second-order valence-electron chi connectivity index (χ2n) is 11.6. The maximum atomic E-state index is 15.2. The zero-order valence-corrected chi connectivity index (χ0v) is 25.1. The van der Waals surface area contributed by atoms with Crippen molar-refractivity contribution in [2.75, 3.05) is 6.61 Å². The summed E-state index contributed by atoms with van der Waals surface area (Å²) < 4.78 is 65.7. The molecule has 1 unspecified atom stereocenters. The predicted molar refractivity (Wildman–Crippen MR) is 165 cm³/mol. The van der Waals surface area contributed by atoms with Crippen LogP contribution < -0.4 is 4.74 Å². The summed E-state index contributed by atoms with van der Waals surface area (Å²) in [6, 6.07) is 12.6. The molecule has 3 aromatic carbocycles. The van der Waals surface area contributed by atoms with E-state index in [0.29, 0.717) is 29.2 Å². The first-order chi connectivity index (χ1) is 20.4. The van der Waals surface area contributed by atoms with Gasteiger partial charge in [0.25, 0.3) is 0 Å². The Bertz CT molecular complexity index is 1330. The maximum Gasteiger partial charge on any atom is 0.201 e. The highest BCUT2D eigenvalue weighted by atomic mass is 19.2. The topological polar surface area (TPSA) is 9.23 Å². The lowest BCUT2D eigenvalue weighted by Gasteiger charge is -2.22. The second-order valence-corrected chi connectivity index (χ2v) is 11.6. The van der Waals surface area contributed by atoms with E-state index in [1.165, 1.54) is 57.1 Å². The molecule has 0 aliphatic heterocycles. The van der Waals surface area contributed by atoms with Gasteiger partial charge in [0, 0.05) is 16.7 Å². The van der Waals surface area contributed by atoms with Crippen LogP contribution in [0.25, 0.3) is 27.8 Å². The van der Waals surface area contributed by atoms with Gasteiger partial charge in [0.15, 0.2) is 23.2 Å². The maximum absolute atomic E-state index is 15.2. The largest absolute Gasteiger partial charge is 0.490 e. The normalized spacial score (nSPS) is 15.1. The monoisotopic (exact) mass is 580 g/mol. The molecule has 0 radical (unpaired) electrons. The Kier molecular flexibility index (Phi) is 12.1. The van der Waals surface area contributed by atoms with Gasteiger partial charge in [0.1, 0.15) is 0 Å². The zero-order chi connectivity index (χ0) is 29.9. The van der Waals surface area contributed by atoms with Crippen LogP contribution in [0.15, 0.2) is 54.6 Å². The second kappa shape index (κ2) is 16.0. The molecule has 0 saturated carbocycles. The molecule has 0 N–H and O–H groups in total. The number of ether oxygens (including phenoxy) is 1. The van der Waals surface area contributed by atoms with Gasteiger partial charge < -0.3 is 4.74 Å². The number of halogens is 4. The molecule has 1 aliphatic rings. The lowest BCUT2D eigenvalue weighted by Crippen LogP contribution is -2.07. The number of unbranched alkanes of at least 4 members (excludes halogenated alkanes) is 7. The standard InChI is InChI=1S/C37H44F4O/c1-3-5-7-8-9-11-25-42-33-24-23-32(36(40)37(33)41)29-19-17-28(18-20-29)31-22-21-30(34(38)35(31)39)27-15-13-26(14-16-27)12-10-6-4-2/h15,17-24,26H,3-14,16,25H2,1-2H3. The molecule has 0 aromatic heterocycles. The first-order valence-electron chi connectivity index (χ1n) is 15.8. The van der Waals surface area contributed by atoms with Crippen LogP contribution >= 0.6 is 0 Å². The number of allylic oxidation sites excluding steroid dienone is 2. The Hall–Kier alpha value is -3.08. The molecule has 0 fully saturated rings. The molecule has 0 amide bonds. The van der Waals surface area contributed by atoms with Crippen LogP contribution in [-0.2, 0) is 0 Å². The summed E-state index contributed by atoms with van der Waals surface area (Å²) >= 11 is 0. The average Bonchev–Trinajstić information content (AvgIpc) is 3.01. The fourth-order valence-corrected chi connectivity index (χ4v) is 5.86. The van der Waals surface area contributed by atoms with E-state index in [1.807, 2.05) is 0 Å². The Morgan fingerprint density at radius 3 is 1.81 bits per heavy atom. The fraction of sp³-hybridized carbons (Fsp3) is 0.459. The molecular formula is C37H44F4O. The lowest BCUT2D eigenvalue weighted by molar-refractivity contribution is 0.285. The molecule has 1 nitrogen and oxygen atoms in total. The van der Waals surface area contributed by atoms with Gasteiger partial charge in [0.05, 0.1) is 6.61 Å². The SMILES string of the molecule is CCCCCCCCOc1ccc(-c2ccc(-c3ccc(C4=CCC(CCCCC)CC4)c(F)c3F)cc2)c(F)c1F. The Morgan fingerprint density at radius 1 is 0.619 bits per heavy atom. The first kappa shape index (κ1) is 31.8. The van der Waals surface area contributed by atoms with Crippen LogP contribution in [0, 0.1) is 29.2 Å². The molecule has 4 rings (SSSR count). The molecule has 5 heteroatoms. The minimum atomic E-state index is -1.02. The predicted octanol–water partition coefficient (Wildman–Crippen LogP) is 12.1. The van der Waals surface area contributed by atoms with Gasteiger partial charge in [0.2, 0.25) is 5.82 Å². The average molecular weight is 581 g/mol. The molecule has 0 heterocycles. The summed E-state index contributed by atoms with van der Waals surface area (Å²) in [6.45, 7) is 4.70. The van der Waals surface area contributed by atoms with Crippen molar-refractivity contribution in [1.29, 1.82) is 0 Å². The molecular weight excluding hydrogens is 536 g/mol. The van der Waals surface area contributed by atoms with E-state index >= 15 is 8.78 Å². The third kappa shape index (κ3) is 8.05. The van der Waals surface area contributed by atoms with E-state index in [-0.39, 0.29) is 16.9 Å². The minimum Gasteiger partial charge on any atom is -0.490 e. The van der Waals surface area contributed by atoms with Crippen molar-refractivity contribution in [3.8, 4) is 28.0 Å². The Morgan fingerprint density at radius 2 is 1.17 bits per heavy atom. The molecule has 1 atom stereocenters. The van der Waals surface area contributed by atoms with E-state index in [0.717, 1.165) is 44.1 Å². The molecule has 3 aromatic rings. The fourth-order valence-electron chi connectivity index (χ4n) is 5.86. The van der Waals surface area contributed by atoms with Crippen molar-refractivity contribution in [2.45, 2.75) is 97.3 Å². The van der Waals surface area contributed by atoms with Crippen LogP contribution in [-0.4, -0.2) is 6.61 Å². The van der Waals surface area contributed by atoms with Crippen LogP contribution in [0.2, 0.25) is 0 Å². The van der Waals surface area contributed by atoms with Crippen LogP contribution in [0.3, 0.4) is 0 Å². The molecule has 0 saturated heterocycles. The van der Waals surface area contributed by atoms with Crippen molar-refractivity contribution in [3.63, 3.8) is 0 Å². The van der Waals surface area contributed by atoms with Crippen LogP contribution in [0.4, 0.5) is 17.6 Å². The van der Waals surface area contributed by atoms with Gasteiger partial charge in [-0.1, -0.05) is 114 Å². The Balaban J connectivity index is 1.41. The third-order valence-corrected chi connectivity index (χ3v) is 8.47. The van der Waals surface area contributed by atoms with E-state index in [1.54, 1.807) is 36.4 Å². The minimum absolute atomic E-state index is 0.0881. The van der Waals surface area contributed by atoms with Crippen molar-refractivity contribution < 1.29 is 22.3 Å². The molecule has 1 aliphatic carbocycles. The lowest BCUT2D eigenvalue weighted by atomic mass is 9.83. The summed E-state index contributed by atoms with van der Waals surface area (Å²) in [7, 11) is 0. The van der Waals surface area contributed by atoms with Crippen LogP contribution in [0.1, 0.15) is 103 Å². The van der Waals surface area contributed by atoms with Gasteiger partial charge in [-0.2, -0.15) is 4.39 Å². The van der Waals surface area contributed by atoms with Crippen molar-refractivity contribution in [1.82, 2.24) is 0 Å². The van der Waals surface area contributed by atoms with Crippen LogP contribution in [0.5, 0.6) is 5.75 Å². The molecule has 0 bridgehead atoms. The van der Waals surface area contributed by atoms with E-state index in [9.17, 15) is 8.78 Å². The molecule has 226 valence electrons. The summed E-state index contributed by atoms with van der Waals surface area (Å²) in [5, 5.41) is 0. The van der Waals surface area contributed by atoms with Gasteiger partial charge >= 0.3 is 0 Å². The van der Waals surface area contributed by atoms with Gasteiger partial charge in [-0.05, 0) is 60.4 Å². The zero-order valence-electron chi connectivity index (χ0n) is 25.1. The quantitative estimate of drug-likeness (QED) is 0.128. The number of benzene rings is 3. The van der Waals surface area contributed by atoms with Gasteiger partial charge in [-0.25, -0.2) is 13.2 Å². The third-order valence-electron chi connectivity index (χ3n) is 8.47. The highest BCUT2D eigenvalue weighted by Crippen LogP contribution is 2.37. The van der Waals surface area contributed by atoms with Gasteiger partial charge in [-0.15, -0.1) is 0 Å². The number of hydrogen-bond donors (Lipinski definition) is 0. The molecule has 42 heavy (non-hydrogen) atoms. The Labute approximate surface area is 249 Å². The smallest absolute Gasteiger partial charge is 0.201 e. The summed E-state index contributed by atoms with van der Waals surface area (Å²) in [5.41, 5.74) is 2.34. The van der Waals surface area contributed by atoms with Crippen molar-refractivity contribution in [2.24, 2.45) is 5.92 Å². The van der Waals surface area contributed by atoms with E-state index < -0.39 is 23.3 Å². The number of rotatable bonds is 15. The van der Waals surface area contributed by atoms with E-state index in [2.05, 4.69) is 19.9 Å². The summed E-state index contributed by atoms with van der Waals surface area (Å²) in [4.78, 5) is 0. The molecule has 0 spiro atoms. The van der Waals surface area contributed by atoms with Crippen molar-refractivity contribution >= 4 is 5.57 Å². The summed E-state index contributed by atoms with van der Waals surface area (Å²) in [5.74, 6) is -3.21. The van der Waals surface area contributed by atoms with E-state index in [4.69, 9.17) is 4.74 Å². The summed E-state index contributed by atoms with van der Waals surface area (Å²) in [6.07, 6.45) is 16.1. The van der Waals surface area contributed by atoms with Gasteiger partial charge in [-0.3, -0.25) is 0 Å². The highest BCUT2D eigenvalue weighted by Gasteiger charge is 2.21.